The molecule has 0 aromatic heterocycles. The van der Waals surface area contributed by atoms with E-state index in [9.17, 15) is 9.59 Å². The second kappa shape index (κ2) is 14.5. The van der Waals surface area contributed by atoms with E-state index in [1.54, 1.807) is 4.90 Å². The van der Waals surface area contributed by atoms with Gasteiger partial charge in [0, 0.05) is 25.4 Å². The Morgan fingerprint density at radius 3 is 2.31 bits per heavy atom. The summed E-state index contributed by atoms with van der Waals surface area (Å²) in [4.78, 5) is 29.4. The van der Waals surface area contributed by atoms with Crippen molar-refractivity contribution < 1.29 is 14.3 Å². The van der Waals surface area contributed by atoms with Crippen LogP contribution in [-0.4, -0.2) is 35.4 Å². The number of hydrogen-bond acceptors (Lipinski definition) is 3. The quantitative estimate of drug-likeness (QED) is 0.272. The van der Waals surface area contributed by atoms with Crippen LogP contribution < -0.4 is 10.1 Å². The summed E-state index contributed by atoms with van der Waals surface area (Å²) in [5, 5.41) is 3.31. The summed E-state index contributed by atoms with van der Waals surface area (Å²) in [6.07, 6.45) is 6.90. The number of carbonyl (C=O) groups is 2. The van der Waals surface area contributed by atoms with Crippen molar-refractivity contribution in [2.45, 2.75) is 83.8 Å². The number of ether oxygens (including phenoxy) is 1. The van der Waals surface area contributed by atoms with E-state index >= 15 is 0 Å². The minimum Gasteiger partial charge on any atom is -0.494 e. The molecule has 2 amide bonds. The van der Waals surface area contributed by atoms with Crippen molar-refractivity contribution in [3.63, 3.8) is 0 Å². The van der Waals surface area contributed by atoms with Crippen LogP contribution in [-0.2, 0) is 22.6 Å². The van der Waals surface area contributed by atoms with Gasteiger partial charge >= 0.3 is 0 Å². The first kappa shape index (κ1) is 28.4. The van der Waals surface area contributed by atoms with Crippen LogP contribution in [0.5, 0.6) is 5.75 Å². The maximum atomic E-state index is 13.8. The highest BCUT2D eigenvalue weighted by Gasteiger charge is 2.31. The monoisotopic (exact) mass is 526 g/mol. The predicted molar refractivity (Wildman–Crippen MR) is 157 cm³/mol. The summed E-state index contributed by atoms with van der Waals surface area (Å²) in [5.74, 6) is 0.727. The molecule has 0 saturated heterocycles. The molecule has 0 bridgehead atoms. The molecule has 1 saturated carbocycles. The summed E-state index contributed by atoms with van der Waals surface area (Å²) in [6, 6.07) is 25.7. The van der Waals surface area contributed by atoms with Crippen molar-refractivity contribution in [3.05, 3.63) is 101 Å². The van der Waals surface area contributed by atoms with Crippen molar-refractivity contribution in [3.8, 4) is 5.75 Å². The van der Waals surface area contributed by atoms with Crippen LogP contribution in [0.4, 0.5) is 0 Å². The van der Waals surface area contributed by atoms with Gasteiger partial charge in [-0.2, -0.15) is 0 Å². The molecule has 1 aliphatic rings. The maximum absolute atomic E-state index is 13.8. The molecule has 4 rings (SSSR count). The van der Waals surface area contributed by atoms with E-state index < -0.39 is 6.04 Å². The number of nitrogens with zero attached hydrogens (tertiary/aromatic N) is 1. The predicted octanol–water partition coefficient (Wildman–Crippen LogP) is 6.55. The molecule has 206 valence electrons. The molecule has 0 aliphatic heterocycles. The lowest BCUT2D eigenvalue weighted by atomic mass is 9.94. The van der Waals surface area contributed by atoms with E-state index in [2.05, 4.69) is 24.4 Å². The molecule has 0 radical (unpaired) electrons. The van der Waals surface area contributed by atoms with Crippen molar-refractivity contribution in [1.82, 2.24) is 10.2 Å². The van der Waals surface area contributed by atoms with E-state index in [-0.39, 0.29) is 17.9 Å². The van der Waals surface area contributed by atoms with Gasteiger partial charge in [0.1, 0.15) is 11.8 Å². The smallest absolute Gasteiger partial charge is 0.243 e. The van der Waals surface area contributed by atoms with Gasteiger partial charge in [-0.15, -0.1) is 0 Å². The first-order valence-electron chi connectivity index (χ1n) is 14.4. The molecule has 0 spiro atoms. The lowest BCUT2D eigenvalue weighted by molar-refractivity contribution is -0.141. The van der Waals surface area contributed by atoms with E-state index in [0.717, 1.165) is 48.1 Å². The van der Waals surface area contributed by atoms with Crippen molar-refractivity contribution in [1.29, 1.82) is 0 Å². The van der Waals surface area contributed by atoms with Gasteiger partial charge < -0.3 is 15.0 Å². The van der Waals surface area contributed by atoms with Gasteiger partial charge in [-0.05, 0) is 56.4 Å². The Labute approximate surface area is 233 Å². The van der Waals surface area contributed by atoms with Gasteiger partial charge in [0.2, 0.25) is 11.8 Å². The molecule has 1 aliphatic carbocycles. The summed E-state index contributed by atoms with van der Waals surface area (Å²) < 4.78 is 5.88. The molecule has 1 fully saturated rings. The molecule has 1 N–H and O–H groups in total. The summed E-state index contributed by atoms with van der Waals surface area (Å²) in [6.45, 7) is 4.94. The molecule has 39 heavy (non-hydrogen) atoms. The van der Waals surface area contributed by atoms with E-state index in [1.807, 2.05) is 73.7 Å². The van der Waals surface area contributed by atoms with Gasteiger partial charge in [-0.25, -0.2) is 0 Å². The summed E-state index contributed by atoms with van der Waals surface area (Å²) in [5.41, 5.74) is 4.40. The van der Waals surface area contributed by atoms with Crippen molar-refractivity contribution in [2.75, 3.05) is 6.61 Å². The summed E-state index contributed by atoms with van der Waals surface area (Å²) in [7, 11) is 0. The van der Waals surface area contributed by atoms with Crippen LogP contribution in [0.3, 0.4) is 0 Å². The maximum Gasteiger partial charge on any atom is 0.243 e. The van der Waals surface area contributed by atoms with Crippen LogP contribution in [0.2, 0.25) is 0 Å². The van der Waals surface area contributed by atoms with Gasteiger partial charge in [0.15, 0.2) is 0 Å². The Morgan fingerprint density at radius 1 is 0.872 bits per heavy atom. The largest absolute Gasteiger partial charge is 0.494 e. The van der Waals surface area contributed by atoms with Crippen LogP contribution in [0.25, 0.3) is 0 Å². The average molecular weight is 527 g/mol. The van der Waals surface area contributed by atoms with Crippen LogP contribution in [0, 0.1) is 13.8 Å². The number of carbonyl (C=O) groups excluding carboxylic acids is 2. The second-order valence-corrected chi connectivity index (χ2v) is 10.8. The second-order valence-electron chi connectivity index (χ2n) is 10.8. The number of nitrogens with one attached hydrogen (secondary N) is 1. The van der Waals surface area contributed by atoms with Crippen molar-refractivity contribution in [2.24, 2.45) is 0 Å². The minimum atomic E-state index is -0.583. The molecular formula is C34H42N2O3. The zero-order valence-electron chi connectivity index (χ0n) is 23.4. The van der Waals surface area contributed by atoms with Gasteiger partial charge in [0.05, 0.1) is 6.61 Å². The van der Waals surface area contributed by atoms with Gasteiger partial charge in [-0.1, -0.05) is 97.1 Å². The molecule has 5 heteroatoms. The fourth-order valence-electron chi connectivity index (χ4n) is 5.30. The van der Waals surface area contributed by atoms with E-state index in [1.165, 1.54) is 12.0 Å². The van der Waals surface area contributed by atoms with Gasteiger partial charge in [0.25, 0.3) is 0 Å². The van der Waals surface area contributed by atoms with Crippen molar-refractivity contribution >= 4 is 11.8 Å². The van der Waals surface area contributed by atoms with E-state index in [0.29, 0.717) is 32.4 Å². The number of amides is 2. The highest BCUT2D eigenvalue weighted by Crippen LogP contribution is 2.21. The third-order valence-corrected chi connectivity index (χ3v) is 7.48. The normalized spacial score (nSPS) is 14.4. The Kier molecular flexibility index (Phi) is 10.6. The fraction of sp³-hybridized carbons (Fsp3) is 0.412. The lowest BCUT2D eigenvalue weighted by Crippen LogP contribution is -2.52. The topological polar surface area (TPSA) is 58.6 Å². The Balaban J connectivity index is 1.51. The highest BCUT2D eigenvalue weighted by atomic mass is 16.5. The third kappa shape index (κ3) is 8.98. The van der Waals surface area contributed by atoms with E-state index in [4.69, 9.17) is 4.74 Å². The standard InChI is InChI=1S/C34H42N2O3/c1-26-18-20-31(21-19-26)39-22-10-17-33(37)36(25-29-14-9-11-27(2)23-29)32(24-28-12-5-3-6-13-28)34(38)35-30-15-7-4-8-16-30/h3,5-6,9,11-14,18-21,23,30,32H,4,7-8,10,15-17,22,24-25H2,1-2H3,(H,35,38)/t32-/m0/s1. The SMILES string of the molecule is Cc1ccc(OCCCC(=O)N(Cc2cccc(C)c2)[C@@H](Cc2ccccc2)C(=O)NC2CCCCC2)cc1. The highest BCUT2D eigenvalue weighted by molar-refractivity contribution is 5.88. The molecule has 1 atom stereocenters. The Hall–Kier alpha value is -3.60. The zero-order chi connectivity index (χ0) is 27.5. The van der Waals surface area contributed by atoms with Crippen LogP contribution in [0.1, 0.15) is 67.2 Å². The Morgan fingerprint density at radius 2 is 1.59 bits per heavy atom. The number of rotatable bonds is 12. The van der Waals surface area contributed by atoms with Crippen LogP contribution >= 0.6 is 0 Å². The first-order chi connectivity index (χ1) is 19.0. The lowest BCUT2D eigenvalue weighted by Gasteiger charge is -2.33. The number of benzene rings is 3. The average Bonchev–Trinajstić information content (AvgIpc) is 2.95. The molecule has 3 aromatic carbocycles. The van der Waals surface area contributed by atoms with Crippen LogP contribution in [0.15, 0.2) is 78.9 Å². The third-order valence-electron chi connectivity index (χ3n) is 7.48. The van der Waals surface area contributed by atoms with Gasteiger partial charge in [-0.3, -0.25) is 9.59 Å². The molecule has 3 aromatic rings. The minimum absolute atomic E-state index is 0.0243. The summed E-state index contributed by atoms with van der Waals surface area (Å²) >= 11 is 0. The number of aryl methyl sites for hydroxylation is 2. The molecule has 0 unspecified atom stereocenters. The zero-order valence-corrected chi connectivity index (χ0v) is 23.4. The molecular weight excluding hydrogens is 484 g/mol. The first-order valence-corrected chi connectivity index (χ1v) is 14.4. The fourth-order valence-corrected chi connectivity index (χ4v) is 5.30. The molecule has 5 nitrogen and oxygen atoms in total. The number of hydrogen-bond donors (Lipinski definition) is 1. The molecule has 0 heterocycles. The Bertz CT molecular complexity index is 1190.